The van der Waals surface area contributed by atoms with E-state index in [-0.39, 0.29) is 15.6 Å². The Balaban J connectivity index is 2.24. The Labute approximate surface area is 140 Å². The molecular weight excluding hydrogens is 342 g/mol. The average Bonchev–Trinajstić information content (AvgIpc) is 2.96. The number of hydrogen-bond acceptors (Lipinski definition) is 8. The largest absolute Gasteiger partial charge is 0.550 e. The first-order valence-corrected chi connectivity index (χ1v) is 7.76. The molecule has 1 aromatic rings. The van der Waals surface area contributed by atoms with Gasteiger partial charge in [-0.15, -0.1) is 0 Å². The second-order valence-electron chi connectivity index (χ2n) is 4.75. The van der Waals surface area contributed by atoms with E-state index in [1.165, 1.54) is 6.08 Å². The van der Waals surface area contributed by atoms with Gasteiger partial charge in [0.1, 0.15) is 15.8 Å². The molecule has 0 aliphatic carbocycles. The normalized spacial score (nSPS) is 17.8. The molecule has 0 radical (unpaired) electrons. The van der Waals surface area contributed by atoms with E-state index in [1.807, 2.05) is 0 Å². The lowest BCUT2D eigenvalue weighted by Crippen LogP contribution is -2.50. The first-order valence-electron chi connectivity index (χ1n) is 6.54. The quantitative estimate of drug-likeness (QED) is 0.494. The van der Waals surface area contributed by atoms with Crippen LogP contribution in [0.25, 0.3) is 6.08 Å². The maximum Gasteiger partial charge on any atom is 0.266 e. The topological polar surface area (TPSA) is 114 Å². The van der Waals surface area contributed by atoms with Crippen molar-refractivity contribution in [2.75, 3.05) is 0 Å². The monoisotopic (exact) mass is 353 g/mol. The van der Waals surface area contributed by atoms with E-state index >= 15 is 0 Å². The van der Waals surface area contributed by atoms with Crippen molar-refractivity contribution in [1.29, 1.82) is 0 Å². The standard InChI is InChI=1S/C14H13NO6S2/c1-7-2-3-8(21-7)6-10-12(18)15(14(22)23-10)9(13(19)20)4-5-11(16)17/h2-3,6,9H,4-5H2,1H3,(H,16,17)(H,19,20)/p-2/b10-6+/t9-/m0/s1. The van der Waals surface area contributed by atoms with Gasteiger partial charge in [-0.3, -0.25) is 9.69 Å². The third-order valence-electron chi connectivity index (χ3n) is 3.06. The van der Waals surface area contributed by atoms with Gasteiger partial charge < -0.3 is 24.2 Å². The van der Waals surface area contributed by atoms with Gasteiger partial charge in [-0.25, -0.2) is 0 Å². The number of aliphatic carboxylic acids is 2. The number of rotatable bonds is 6. The van der Waals surface area contributed by atoms with Crippen molar-refractivity contribution < 1.29 is 29.0 Å². The average molecular weight is 353 g/mol. The van der Waals surface area contributed by atoms with Crippen molar-refractivity contribution in [3.05, 3.63) is 28.6 Å². The Hall–Kier alpha value is -2.13. The van der Waals surface area contributed by atoms with Gasteiger partial charge in [-0.1, -0.05) is 24.0 Å². The molecule has 1 aromatic heterocycles. The van der Waals surface area contributed by atoms with Gasteiger partial charge >= 0.3 is 0 Å². The van der Waals surface area contributed by atoms with Crippen LogP contribution in [-0.2, 0) is 14.4 Å². The van der Waals surface area contributed by atoms with Crippen LogP contribution in [-0.4, -0.2) is 33.1 Å². The SMILES string of the molecule is Cc1ccc(/C=C2/SC(=S)N([C@@H](CCC(=O)[O-])C(=O)[O-])C2=O)o1. The summed E-state index contributed by atoms with van der Waals surface area (Å²) in [7, 11) is 0. The van der Waals surface area contributed by atoms with Gasteiger partial charge in [0.05, 0.1) is 16.9 Å². The number of carboxylic acids is 2. The van der Waals surface area contributed by atoms with E-state index < -0.39 is 30.3 Å². The zero-order valence-corrected chi connectivity index (χ0v) is 13.6. The van der Waals surface area contributed by atoms with Gasteiger partial charge in [0.15, 0.2) is 0 Å². The first kappa shape index (κ1) is 17.2. The molecule has 0 aromatic carbocycles. The van der Waals surface area contributed by atoms with Crippen molar-refractivity contribution in [1.82, 2.24) is 4.90 Å². The molecule has 2 rings (SSSR count). The van der Waals surface area contributed by atoms with Crippen LogP contribution in [0.2, 0.25) is 0 Å². The fraction of sp³-hybridized carbons (Fsp3) is 0.286. The Kier molecular flexibility index (Phi) is 5.22. The number of thioether (sulfide) groups is 1. The third-order valence-corrected chi connectivity index (χ3v) is 4.39. The van der Waals surface area contributed by atoms with Crippen molar-refractivity contribution in [3.63, 3.8) is 0 Å². The Morgan fingerprint density at radius 3 is 2.65 bits per heavy atom. The van der Waals surface area contributed by atoms with Gasteiger partial charge in [0.25, 0.3) is 5.91 Å². The van der Waals surface area contributed by atoms with Crippen molar-refractivity contribution in [3.8, 4) is 0 Å². The maximum absolute atomic E-state index is 12.4. The van der Waals surface area contributed by atoms with Crippen molar-refractivity contribution >= 4 is 52.2 Å². The van der Waals surface area contributed by atoms with Crippen LogP contribution in [0.1, 0.15) is 24.4 Å². The van der Waals surface area contributed by atoms with E-state index in [0.717, 1.165) is 16.7 Å². The molecule has 1 saturated heterocycles. The molecule has 122 valence electrons. The first-order chi connectivity index (χ1) is 10.8. The van der Waals surface area contributed by atoms with Crippen LogP contribution in [0.15, 0.2) is 21.5 Å². The number of thiocarbonyl (C=S) groups is 1. The van der Waals surface area contributed by atoms with Crippen molar-refractivity contribution in [2.24, 2.45) is 0 Å². The van der Waals surface area contributed by atoms with E-state index in [9.17, 15) is 24.6 Å². The number of carbonyl (C=O) groups is 3. The fourth-order valence-electron chi connectivity index (χ4n) is 2.02. The number of nitrogens with zero attached hydrogens (tertiary/aromatic N) is 1. The highest BCUT2D eigenvalue weighted by atomic mass is 32.2. The van der Waals surface area contributed by atoms with Crippen LogP contribution in [0.4, 0.5) is 0 Å². The number of carbonyl (C=O) groups excluding carboxylic acids is 3. The lowest BCUT2D eigenvalue weighted by atomic mass is 10.1. The van der Waals surface area contributed by atoms with E-state index in [0.29, 0.717) is 11.5 Å². The minimum atomic E-state index is -1.57. The summed E-state index contributed by atoms with van der Waals surface area (Å²) in [4.78, 5) is 35.2. The molecule has 1 aliphatic rings. The Morgan fingerprint density at radius 1 is 1.43 bits per heavy atom. The molecule has 1 fully saturated rings. The summed E-state index contributed by atoms with van der Waals surface area (Å²) in [6, 6.07) is 1.93. The summed E-state index contributed by atoms with van der Waals surface area (Å²) in [6.07, 6.45) is 0.591. The number of carboxylic acid groups (broad SMARTS) is 2. The van der Waals surface area contributed by atoms with Crippen molar-refractivity contribution in [2.45, 2.75) is 25.8 Å². The second-order valence-corrected chi connectivity index (χ2v) is 6.42. The molecule has 0 saturated carbocycles. The van der Waals surface area contributed by atoms with Crippen LogP contribution >= 0.6 is 24.0 Å². The minimum absolute atomic E-state index is 0.0251. The Bertz CT molecular complexity index is 708. The van der Waals surface area contributed by atoms with E-state index in [2.05, 4.69) is 0 Å². The molecular formula is C14H11NO6S2-2. The number of amides is 1. The predicted molar refractivity (Wildman–Crippen MR) is 81.5 cm³/mol. The van der Waals surface area contributed by atoms with Gasteiger partial charge in [-0.05, 0) is 31.9 Å². The highest BCUT2D eigenvalue weighted by Gasteiger charge is 2.37. The lowest BCUT2D eigenvalue weighted by Gasteiger charge is -2.27. The predicted octanol–water partition coefficient (Wildman–Crippen LogP) is -0.562. The maximum atomic E-state index is 12.4. The molecule has 0 unspecified atom stereocenters. The molecule has 0 N–H and O–H groups in total. The zero-order valence-electron chi connectivity index (χ0n) is 11.9. The second kappa shape index (κ2) is 6.97. The van der Waals surface area contributed by atoms with Gasteiger partial charge in [0, 0.05) is 12.0 Å². The molecule has 9 heteroatoms. The van der Waals surface area contributed by atoms with Crippen LogP contribution in [0, 0.1) is 6.92 Å². The molecule has 0 spiro atoms. The number of furan rings is 1. The Morgan fingerprint density at radius 2 is 2.13 bits per heavy atom. The summed E-state index contributed by atoms with van der Waals surface area (Å²) in [5.41, 5.74) is 0. The molecule has 2 heterocycles. The highest BCUT2D eigenvalue weighted by Crippen LogP contribution is 2.34. The van der Waals surface area contributed by atoms with Gasteiger partial charge in [-0.2, -0.15) is 0 Å². The van der Waals surface area contributed by atoms with Gasteiger partial charge in [0.2, 0.25) is 0 Å². The molecule has 1 aliphatic heterocycles. The van der Waals surface area contributed by atoms with E-state index in [4.69, 9.17) is 16.6 Å². The van der Waals surface area contributed by atoms with Crippen LogP contribution in [0.3, 0.4) is 0 Å². The molecule has 23 heavy (non-hydrogen) atoms. The van der Waals surface area contributed by atoms with Crippen LogP contribution < -0.4 is 10.2 Å². The summed E-state index contributed by atoms with van der Waals surface area (Å²) in [5.74, 6) is -2.52. The lowest BCUT2D eigenvalue weighted by molar-refractivity contribution is -0.311. The molecule has 0 bridgehead atoms. The molecule has 7 nitrogen and oxygen atoms in total. The minimum Gasteiger partial charge on any atom is -0.550 e. The summed E-state index contributed by atoms with van der Waals surface area (Å²) < 4.78 is 5.36. The summed E-state index contributed by atoms with van der Waals surface area (Å²) in [5, 5.41) is 21.8. The zero-order chi connectivity index (χ0) is 17.1. The molecule has 1 amide bonds. The third kappa shape index (κ3) is 3.99. The summed E-state index contributed by atoms with van der Waals surface area (Å²) >= 11 is 5.95. The number of hydrogen-bond donors (Lipinski definition) is 0. The highest BCUT2D eigenvalue weighted by molar-refractivity contribution is 8.26. The smallest absolute Gasteiger partial charge is 0.266 e. The number of aryl methyl sites for hydroxylation is 1. The molecule has 1 atom stereocenters. The summed E-state index contributed by atoms with van der Waals surface area (Å²) in [6.45, 7) is 1.74. The fourth-order valence-corrected chi connectivity index (χ4v) is 3.35. The van der Waals surface area contributed by atoms with Crippen LogP contribution in [0.5, 0.6) is 0 Å². The van der Waals surface area contributed by atoms with E-state index in [1.54, 1.807) is 19.1 Å².